The van der Waals surface area contributed by atoms with Crippen molar-refractivity contribution in [3.05, 3.63) is 11.6 Å². The van der Waals surface area contributed by atoms with Crippen molar-refractivity contribution in [3.63, 3.8) is 0 Å². The van der Waals surface area contributed by atoms with Gasteiger partial charge in [0, 0.05) is 0 Å². The molecule has 0 amide bonds. The Hall–Kier alpha value is -0.260. The monoisotopic (exact) mass is 166 g/mol. The molecule has 0 saturated carbocycles. The summed E-state index contributed by atoms with van der Waals surface area (Å²) < 4.78 is 0. The molecule has 0 N–H and O–H groups in total. The summed E-state index contributed by atoms with van der Waals surface area (Å²) in [4.78, 5) is 0. The van der Waals surface area contributed by atoms with Crippen molar-refractivity contribution in [1.29, 1.82) is 0 Å². The fourth-order valence-electron chi connectivity index (χ4n) is 1.89. The van der Waals surface area contributed by atoms with Gasteiger partial charge in [0.25, 0.3) is 0 Å². The Bertz CT molecular complexity index is 204. The molecule has 0 bridgehead atoms. The van der Waals surface area contributed by atoms with Crippen LogP contribution in [-0.4, -0.2) is 0 Å². The lowest BCUT2D eigenvalue weighted by molar-refractivity contribution is 0.153. The van der Waals surface area contributed by atoms with Crippen LogP contribution in [-0.2, 0) is 0 Å². The molecular formula is C12H22. The molecule has 0 heteroatoms. The van der Waals surface area contributed by atoms with E-state index in [2.05, 4.69) is 47.6 Å². The van der Waals surface area contributed by atoms with Crippen molar-refractivity contribution < 1.29 is 0 Å². The largest absolute Gasteiger partial charge is 0.0782 e. The standard InChI is InChI=1S/C12H22/c1-9(2)7-10-8-11(3,4)12(10,5)6/h8-9H,7H2,1-6H3. The zero-order valence-corrected chi connectivity index (χ0v) is 9.36. The van der Waals surface area contributed by atoms with Gasteiger partial charge in [-0.25, -0.2) is 0 Å². The van der Waals surface area contributed by atoms with Crippen molar-refractivity contribution in [1.82, 2.24) is 0 Å². The molecule has 0 spiro atoms. The first-order valence-corrected chi connectivity index (χ1v) is 4.99. The molecule has 1 aliphatic carbocycles. The highest BCUT2D eigenvalue weighted by Gasteiger charge is 2.45. The van der Waals surface area contributed by atoms with Crippen LogP contribution in [0.3, 0.4) is 0 Å². The lowest BCUT2D eigenvalue weighted by atomic mass is 9.53. The molecular weight excluding hydrogens is 144 g/mol. The van der Waals surface area contributed by atoms with E-state index in [4.69, 9.17) is 0 Å². The molecule has 0 radical (unpaired) electrons. The molecule has 0 saturated heterocycles. The topological polar surface area (TPSA) is 0 Å². The van der Waals surface area contributed by atoms with Crippen molar-refractivity contribution >= 4 is 0 Å². The lowest BCUT2D eigenvalue weighted by Crippen LogP contribution is -2.41. The summed E-state index contributed by atoms with van der Waals surface area (Å²) in [5, 5.41) is 0. The van der Waals surface area contributed by atoms with E-state index in [1.165, 1.54) is 6.42 Å². The van der Waals surface area contributed by atoms with Gasteiger partial charge in [0.2, 0.25) is 0 Å². The zero-order valence-electron chi connectivity index (χ0n) is 9.36. The van der Waals surface area contributed by atoms with Gasteiger partial charge in [0.15, 0.2) is 0 Å². The molecule has 1 rings (SSSR count). The summed E-state index contributed by atoms with van der Waals surface area (Å²) in [6.07, 6.45) is 3.73. The van der Waals surface area contributed by atoms with Gasteiger partial charge in [-0.15, -0.1) is 0 Å². The van der Waals surface area contributed by atoms with E-state index in [1.807, 2.05) is 0 Å². The Balaban J connectivity index is 2.73. The second-order valence-corrected chi connectivity index (χ2v) is 5.61. The molecule has 0 unspecified atom stereocenters. The Morgan fingerprint density at radius 1 is 1.17 bits per heavy atom. The van der Waals surface area contributed by atoms with Gasteiger partial charge in [-0.1, -0.05) is 53.2 Å². The molecule has 0 aromatic heterocycles. The van der Waals surface area contributed by atoms with Gasteiger partial charge in [0.1, 0.15) is 0 Å². The predicted molar refractivity (Wildman–Crippen MR) is 55.1 cm³/mol. The van der Waals surface area contributed by atoms with Crippen LogP contribution in [0.1, 0.15) is 48.0 Å². The minimum Gasteiger partial charge on any atom is -0.0782 e. The molecule has 0 aromatic carbocycles. The van der Waals surface area contributed by atoms with Gasteiger partial charge in [0.05, 0.1) is 0 Å². The van der Waals surface area contributed by atoms with E-state index in [0.29, 0.717) is 10.8 Å². The smallest absolute Gasteiger partial charge is 0.00587 e. The summed E-state index contributed by atoms with van der Waals surface area (Å²) >= 11 is 0. The van der Waals surface area contributed by atoms with E-state index in [1.54, 1.807) is 5.57 Å². The molecule has 0 heterocycles. The average Bonchev–Trinajstić information content (AvgIpc) is 1.85. The SMILES string of the molecule is CC(C)CC1=CC(C)(C)C1(C)C. The van der Waals surface area contributed by atoms with E-state index >= 15 is 0 Å². The normalized spacial score (nSPS) is 25.1. The van der Waals surface area contributed by atoms with Gasteiger partial charge < -0.3 is 0 Å². The molecule has 0 fully saturated rings. The third-order valence-electron chi connectivity index (χ3n) is 3.58. The first-order chi connectivity index (χ1) is 5.27. The van der Waals surface area contributed by atoms with Crippen molar-refractivity contribution in [2.24, 2.45) is 16.7 Å². The molecule has 12 heavy (non-hydrogen) atoms. The predicted octanol–water partition coefficient (Wildman–Crippen LogP) is 4.02. The van der Waals surface area contributed by atoms with E-state index in [9.17, 15) is 0 Å². The fraction of sp³-hybridized carbons (Fsp3) is 0.833. The summed E-state index contributed by atoms with van der Waals surface area (Å²) in [6.45, 7) is 14.0. The maximum atomic E-state index is 2.45. The average molecular weight is 166 g/mol. The van der Waals surface area contributed by atoms with Crippen molar-refractivity contribution in [2.45, 2.75) is 48.0 Å². The van der Waals surface area contributed by atoms with Gasteiger partial charge in [-0.05, 0) is 23.2 Å². The molecule has 70 valence electrons. The van der Waals surface area contributed by atoms with Crippen LogP contribution in [0.25, 0.3) is 0 Å². The van der Waals surface area contributed by atoms with Crippen LogP contribution in [0.5, 0.6) is 0 Å². The maximum absolute atomic E-state index is 2.45. The highest BCUT2D eigenvalue weighted by atomic mass is 14.5. The molecule has 0 atom stereocenters. The lowest BCUT2D eigenvalue weighted by Gasteiger charge is -2.51. The van der Waals surface area contributed by atoms with Crippen LogP contribution < -0.4 is 0 Å². The third kappa shape index (κ3) is 1.32. The second kappa shape index (κ2) is 2.61. The van der Waals surface area contributed by atoms with Gasteiger partial charge in [-0.2, -0.15) is 0 Å². The number of rotatable bonds is 2. The minimum absolute atomic E-state index is 0.414. The maximum Gasteiger partial charge on any atom is -0.00587 e. The minimum atomic E-state index is 0.414. The Morgan fingerprint density at radius 2 is 1.67 bits per heavy atom. The van der Waals surface area contributed by atoms with E-state index < -0.39 is 0 Å². The third-order valence-corrected chi connectivity index (χ3v) is 3.58. The molecule has 0 aromatic rings. The van der Waals surface area contributed by atoms with Crippen molar-refractivity contribution in [3.8, 4) is 0 Å². The quantitative estimate of drug-likeness (QED) is 0.543. The van der Waals surface area contributed by atoms with Crippen LogP contribution in [0.4, 0.5) is 0 Å². The number of hydrogen-bond donors (Lipinski definition) is 0. The summed E-state index contributed by atoms with van der Waals surface area (Å²) in [5.74, 6) is 0.798. The fourth-order valence-corrected chi connectivity index (χ4v) is 1.89. The van der Waals surface area contributed by atoms with Crippen molar-refractivity contribution in [2.75, 3.05) is 0 Å². The molecule has 1 aliphatic rings. The summed E-state index contributed by atoms with van der Waals surface area (Å²) in [6, 6.07) is 0. The van der Waals surface area contributed by atoms with Gasteiger partial charge >= 0.3 is 0 Å². The number of hydrogen-bond acceptors (Lipinski definition) is 0. The second-order valence-electron chi connectivity index (χ2n) is 5.61. The van der Waals surface area contributed by atoms with Crippen LogP contribution in [0.15, 0.2) is 11.6 Å². The Morgan fingerprint density at radius 3 is 1.92 bits per heavy atom. The first-order valence-electron chi connectivity index (χ1n) is 4.99. The van der Waals surface area contributed by atoms with E-state index in [0.717, 1.165) is 5.92 Å². The van der Waals surface area contributed by atoms with Crippen LogP contribution in [0.2, 0.25) is 0 Å². The first kappa shape index (κ1) is 9.83. The number of allylic oxidation sites excluding steroid dienone is 2. The highest BCUT2D eigenvalue weighted by molar-refractivity contribution is 5.32. The van der Waals surface area contributed by atoms with Crippen LogP contribution in [0, 0.1) is 16.7 Å². The van der Waals surface area contributed by atoms with Gasteiger partial charge in [-0.3, -0.25) is 0 Å². The Labute approximate surface area is 77.1 Å². The highest BCUT2D eigenvalue weighted by Crippen LogP contribution is 2.56. The summed E-state index contributed by atoms with van der Waals surface area (Å²) in [7, 11) is 0. The van der Waals surface area contributed by atoms with E-state index in [-0.39, 0.29) is 0 Å². The molecule has 0 nitrogen and oxygen atoms in total. The summed E-state index contributed by atoms with van der Waals surface area (Å²) in [5.41, 5.74) is 2.50. The zero-order chi connectivity index (χ0) is 9.57. The Kier molecular flexibility index (Phi) is 2.14. The molecule has 0 aliphatic heterocycles. The van der Waals surface area contributed by atoms with Crippen LogP contribution >= 0.6 is 0 Å².